The van der Waals surface area contributed by atoms with Crippen molar-refractivity contribution < 1.29 is 14.9 Å². The van der Waals surface area contributed by atoms with E-state index < -0.39 is 5.91 Å². The molecule has 0 atom stereocenters. The number of ether oxygens (including phenoxy) is 1. The van der Waals surface area contributed by atoms with E-state index in [1.165, 1.54) is 19.2 Å². The molecule has 1 aromatic heterocycles. The van der Waals surface area contributed by atoms with Crippen molar-refractivity contribution in [3.8, 4) is 5.75 Å². The van der Waals surface area contributed by atoms with E-state index in [4.69, 9.17) is 15.9 Å². The molecule has 0 fully saturated rings. The number of amides is 1. The predicted molar refractivity (Wildman–Crippen MR) is 86.8 cm³/mol. The summed E-state index contributed by atoms with van der Waals surface area (Å²) in [5.41, 5.74) is 7.54. The lowest BCUT2D eigenvalue weighted by atomic mass is 10.0. The number of hydrogen-bond donors (Lipinski definition) is 2. The second kappa shape index (κ2) is 7.08. The molecule has 0 unspecified atom stereocenters. The van der Waals surface area contributed by atoms with E-state index in [1.807, 2.05) is 6.07 Å². The largest absolute Gasteiger partial charge is 0.495 e. The SMILES string of the molecule is COc1c(C(=O)N=O)ccc(N)c1C(=[NH2+])/C=C/c1ccccn1. The molecule has 23 heavy (non-hydrogen) atoms. The number of pyridine rings is 1. The zero-order chi connectivity index (χ0) is 16.8. The van der Waals surface area contributed by atoms with Crippen LogP contribution in [0, 0.1) is 4.91 Å². The number of hydrogen-bond acceptors (Lipinski definition) is 5. The molecule has 0 bridgehead atoms. The average molecular weight is 311 g/mol. The van der Waals surface area contributed by atoms with Crippen molar-refractivity contribution in [3.05, 3.63) is 64.3 Å². The van der Waals surface area contributed by atoms with Crippen molar-refractivity contribution in [1.29, 1.82) is 0 Å². The second-order valence-electron chi connectivity index (χ2n) is 4.55. The van der Waals surface area contributed by atoms with Gasteiger partial charge in [0.15, 0.2) is 0 Å². The highest BCUT2D eigenvalue weighted by Gasteiger charge is 2.22. The Balaban J connectivity index is 2.45. The Morgan fingerprint density at radius 2 is 2.13 bits per heavy atom. The Hall–Kier alpha value is -3.35. The first kappa shape index (κ1) is 16.0. The fourth-order valence-electron chi connectivity index (χ4n) is 2.06. The Morgan fingerprint density at radius 1 is 1.35 bits per heavy atom. The lowest BCUT2D eigenvalue weighted by molar-refractivity contribution is -0.110. The van der Waals surface area contributed by atoms with Crippen LogP contribution in [0.2, 0.25) is 0 Å². The van der Waals surface area contributed by atoms with Gasteiger partial charge >= 0.3 is 5.91 Å². The van der Waals surface area contributed by atoms with E-state index in [0.717, 1.165) is 0 Å². The van der Waals surface area contributed by atoms with Crippen LogP contribution < -0.4 is 15.9 Å². The number of nitrogen functional groups attached to an aromatic ring is 1. The van der Waals surface area contributed by atoms with Crippen LogP contribution in [-0.2, 0) is 0 Å². The summed E-state index contributed by atoms with van der Waals surface area (Å²) in [6.07, 6.45) is 4.94. The van der Waals surface area contributed by atoms with E-state index in [1.54, 1.807) is 30.5 Å². The molecule has 116 valence electrons. The van der Waals surface area contributed by atoms with Crippen molar-refractivity contribution in [2.24, 2.45) is 5.18 Å². The van der Waals surface area contributed by atoms with Crippen LogP contribution in [-0.4, -0.2) is 23.7 Å². The lowest BCUT2D eigenvalue weighted by Crippen LogP contribution is -2.39. The number of carbonyl (C=O) groups is 1. The fourth-order valence-corrected chi connectivity index (χ4v) is 2.06. The summed E-state index contributed by atoms with van der Waals surface area (Å²) in [7, 11) is 1.36. The number of rotatable bonds is 5. The highest BCUT2D eigenvalue weighted by atomic mass is 16.5. The minimum atomic E-state index is -0.954. The Bertz CT molecular complexity index is 785. The van der Waals surface area contributed by atoms with Gasteiger partial charge in [-0.15, -0.1) is 4.91 Å². The molecule has 7 nitrogen and oxygen atoms in total. The van der Waals surface area contributed by atoms with Gasteiger partial charge in [0.05, 0.1) is 18.4 Å². The van der Waals surface area contributed by atoms with Crippen LogP contribution >= 0.6 is 0 Å². The van der Waals surface area contributed by atoms with Gasteiger partial charge in [-0.25, -0.2) is 0 Å². The van der Waals surface area contributed by atoms with Gasteiger partial charge < -0.3 is 10.5 Å². The maximum Gasteiger partial charge on any atom is 0.320 e. The van der Waals surface area contributed by atoms with Crippen molar-refractivity contribution >= 4 is 23.4 Å². The summed E-state index contributed by atoms with van der Waals surface area (Å²) in [5.74, 6) is -0.845. The van der Waals surface area contributed by atoms with Gasteiger partial charge in [0, 0.05) is 23.1 Å². The van der Waals surface area contributed by atoms with Crippen LogP contribution in [0.25, 0.3) is 6.08 Å². The zero-order valence-corrected chi connectivity index (χ0v) is 12.4. The highest BCUT2D eigenvalue weighted by molar-refractivity contribution is 6.14. The maximum atomic E-state index is 11.6. The number of anilines is 1. The van der Waals surface area contributed by atoms with Gasteiger partial charge in [-0.2, -0.15) is 0 Å². The standard InChI is InChI=1S/C16H14N4O3/c1-23-15-11(16(21)20-22)6-8-13(18)14(15)12(17)7-5-10-4-2-3-9-19-10/h2-9,17H,18H2,1H3/p+1/b7-5+,17-12?. The van der Waals surface area contributed by atoms with Gasteiger partial charge in [0.2, 0.25) is 5.71 Å². The van der Waals surface area contributed by atoms with E-state index in [-0.39, 0.29) is 17.0 Å². The summed E-state index contributed by atoms with van der Waals surface area (Å²) in [4.78, 5) is 26.2. The van der Waals surface area contributed by atoms with Crippen LogP contribution in [0.3, 0.4) is 0 Å². The average Bonchev–Trinajstić information content (AvgIpc) is 2.59. The minimum absolute atomic E-state index is 0.000820. The molecule has 7 heteroatoms. The molecule has 0 aliphatic carbocycles. The lowest BCUT2D eigenvalue weighted by Gasteiger charge is -2.10. The zero-order valence-electron chi connectivity index (χ0n) is 12.4. The third-order valence-corrected chi connectivity index (χ3v) is 3.12. The van der Waals surface area contributed by atoms with Gasteiger partial charge in [-0.3, -0.25) is 15.2 Å². The molecular formula is C16H15N4O3+. The Kier molecular flexibility index (Phi) is 4.93. The Morgan fingerprint density at radius 3 is 2.74 bits per heavy atom. The second-order valence-corrected chi connectivity index (χ2v) is 4.55. The molecule has 1 aromatic carbocycles. The third-order valence-electron chi connectivity index (χ3n) is 3.12. The summed E-state index contributed by atoms with van der Waals surface area (Å²) in [5, 5.41) is 8.46. The molecular weight excluding hydrogens is 296 g/mol. The number of nitrogens with zero attached hydrogens (tertiary/aromatic N) is 2. The quantitative estimate of drug-likeness (QED) is 0.481. The first-order chi connectivity index (χ1) is 11.1. The van der Waals surface area contributed by atoms with Crippen LogP contribution in [0.15, 0.2) is 47.8 Å². The number of carbonyl (C=O) groups excluding carboxylic acids is 1. The number of aromatic nitrogens is 1. The summed E-state index contributed by atoms with van der Waals surface area (Å²) in [6.45, 7) is 0. The number of methoxy groups -OCH3 is 1. The van der Waals surface area contributed by atoms with E-state index >= 15 is 0 Å². The molecule has 2 aromatic rings. The first-order valence-corrected chi connectivity index (χ1v) is 6.64. The smallest absolute Gasteiger partial charge is 0.320 e. The molecule has 0 saturated carbocycles. The van der Waals surface area contributed by atoms with Crippen LogP contribution in [0.4, 0.5) is 5.69 Å². The van der Waals surface area contributed by atoms with Crippen molar-refractivity contribution in [2.45, 2.75) is 0 Å². The summed E-state index contributed by atoms with van der Waals surface area (Å²) >= 11 is 0. The Labute approximate surface area is 132 Å². The predicted octanol–water partition coefficient (Wildman–Crippen LogP) is 0.841. The number of allylic oxidation sites excluding steroid dienone is 1. The van der Waals surface area contributed by atoms with Crippen LogP contribution in [0.1, 0.15) is 21.6 Å². The van der Waals surface area contributed by atoms with E-state index in [9.17, 15) is 9.70 Å². The van der Waals surface area contributed by atoms with Gasteiger partial charge in [0.1, 0.15) is 11.3 Å². The minimum Gasteiger partial charge on any atom is -0.495 e. The van der Waals surface area contributed by atoms with E-state index in [2.05, 4.69) is 10.2 Å². The maximum absolute atomic E-state index is 11.6. The molecule has 0 radical (unpaired) electrons. The molecule has 1 heterocycles. The normalized spacial score (nSPS) is 10.5. The molecule has 4 N–H and O–H groups in total. The van der Waals surface area contributed by atoms with Crippen molar-refractivity contribution in [1.82, 2.24) is 4.98 Å². The van der Waals surface area contributed by atoms with Crippen molar-refractivity contribution in [3.63, 3.8) is 0 Å². The molecule has 0 saturated heterocycles. The topological polar surface area (TPSA) is 120 Å². The number of nitrogens with two attached hydrogens (primary N) is 2. The summed E-state index contributed by atoms with van der Waals surface area (Å²) < 4.78 is 5.20. The fraction of sp³-hybridized carbons (Fsp3) is 0.0625. The van der Waals surface area contributed by atoms with Gasteiger partial charge in [0.25, 0.3) is 0 Å². The van der Waals surface area contributed by atoms with Gasteiger partial charge in [-0.1, -0.05) is 6.07 Å². The van der Waals surface area contributed by atoms with Crippen LogP contribution in [0.5, 0.6) is 5.75 Å². The highest BCUT2D eigenvalue weighted by Crippen LogP contribution is 2.30. The van der Waals surface area contributed by atoms with Gasteiger partial charge in [-0.05, 0) is 30.3 Å². The monoisotopic (exact) mass is 311 g/mol. The molecule has 0 aliphatic heterocycles. The molecule has 2 rings (SSSR count). The van der Waals surface area contributed by atoms with E-state index in [0.29, 0.717) is 16.9 Å². The molecule has 0 spiro atoms. The molecule has 0 aliphatic rings. The number of benzene rings is 1. The summed E-state index contributed by atoms with van der Waals surface area (Å²) in [6, 6.07) is 8.29. The van der Waals surface area contributed by atoms with Crippen molar-refractivity contribution in [2.75, 3.05) is 12.8 Å². The number of nitroso groups, excluding NO2 is 1. The third kappa shape index (κ3) is 3.46. The molecule has 1 amide bonds. The first-order valence-electron chi connectivity index (χ1n) is 6.64.